The Hall–Kier alpha value is -2.87. The van der Waals surface area contributed by atoms with E-state index >= 15 is 0 Å². The fourth-order valence-corrected chi connectivity index (χ4v) is 4.09. The molecule has 1 unspecified atom stereocenters. The average Bonchev–Trinajstić information content (AvgIpc) is 3.51. The van der Waals surface area contributed by atoms with Gasteiger partial charge in [-0.05, 0) is 37.0 Å². The quantitative estimate of drug-likeness (QED) is 0.782. The summed E-state index contributed by atoms with van der Waals surface area (Å²) < 4.78 is 5.39. The summed E-state index contributed by atoms with van der Waals surface area (Å²) in [4.78, 5) is 37.0. The topological polar surface area (TPSA) is 90.6 Å². The van der Waals surface area contributed by atoms with Gasteiger partial charge in [-0.15, -0.1) is 0 Å². The number of morpholine rings is 1. The van der Waals surface area contributed by atoms with Gasteiger partial charge in [0.25, 0.3) is 0 Å². The van der Waals surface area contributed by atoms with Crippen LogP contribution in [0.5, 0.6) is 0 Å². The molecule has 1 atom stereocenters. The molecule has 0 radical (unpaired) electrons. The first-order chi connectivity index (χ1) is 14.2. The minimum Gasteiger partial charge on any atom is -0.378 e. The van der Waals surface area contributed by atoms with E-state index in [1.54, 1.807) is 0 Å². The summed E-state index contributed by atoms with van der Waals surface area (Å²) in [6.07, 6.45) is 8.63. The molecule has 5 rings (SSSR count). The molecule has 8 nitrogen and oxygen atoms in total. The maximum atomic E-state index is 13.2. The highest BCUT2D eigenvalue weighted by Crippen LogP contribution is 2.35. The van der Waals surface area contributed by atoms with E-state index in [2.05, 4.69) is 21.4 Å². The molecule has 2 aromatic heterocycles. The number of fused-ring (bicyclic) bond motifs is 1. The van der Waals surface area contributed by atoms with Crippen LogP contribution in [0.4, 0.5) is 10.6 Å². The highest BCUT2D eigenvalue weighted by atomic mass is 16.5. The number of carbonyl (C=O) groups excluding carboxylic acids is 2. The van der Waals surface area contributed by atoms with E-state index in [0.29, 0.717) is 38.7 Å². The summed E-state index contributed by atoms with van der Waals surface area (Å²) >= 11 is 0. The third-order valence-corrected chi connectivity index (χ3v) is 5.85. The molecule has 8 heteroatoms. The van der Waals surface area contributed by atoms with Gasteiger partial charge in [0, 0.05) is 37.1 Å². The van der Waals surface area contributed by atoms with Gasteiger partial charge in [-0.3, -0.25) is 4.79 Å². The molecule has 152 valence electrons. The van der Waals surface area contributed by atoms with Gasteiger partial charge in [0.1, 0.15) is 11.5 Å². The fourth-order valence-electron chi connectivity index (χ4n) is 4.09. The van der Waals surface area contributed by atoms with Crippen molar-refractivity contribution >= 4 is 28.8 Å². The Labute approximate surface area is 168 Å². The van der Waals surface area contributed by atoms with Crippen molar-refractivity contribution in [2.45, 2.75) is 25.3 Å². The Balaban J connectivity index is 1.48. The average molecular weight is 395 g/mol. The number of ether oxygens (including phenoxy) is 1. The Bertz CT molecular complexity index is 958. The molecule has 1 aliphatic carbocycles. The van der Waals surface area contributed by atoms with Crippen LogP contribution in [-0.4, -0.2) is 64.6 Å². The summed E-state index contributed by atoms with van der Waals surface area (Å²) in [7, 11) is 0. The molecule has 2 fully saturated rings. The number of anilines is 1. The standard InChI is InChI=1S/C21H25N5O3/c27-20(14-4-5-14)24-18-13-16(15-6-7-22-19(15)23-18)17-3-1-2-8-26(17)21(28)25-9-11-29-12-10-25/h1-2,6-7,13-14,17H,3-5,8-12H2,(H2,22,23,24,27). The van der Waals surface area contributed by atoms with Crippen molar-refractivity contribution in [1.82, 2.24) is 19.8 Å². The maximum Gasteiger partial charge on any atom is 0.320 e. The van der Waals surface area contributed by atoms with E-state index in [1.807, 2.05) is 34.2 Å². The van der Waals surface area contributed by atoms with Crippen LogP contribution in [0.3, 0.4) is 0 Å². The number of urea groups is 1. The molecular formula is C21H25N5O3. The van der Waals surface area contributed by atoms with Crippen molar-refractivity contribution in [3.8, 4) is 0 Å². The van der Waals surface area contributed by atoms with E-state index in [-0.39, 0.29) is 23.9 Å². The molecule has 0 aromatic carbocycles. The molecule has 4 heterocycles. The third kappa shape index (κ3) is 3.60. The summed E-state index contributed by atoms with van der Waals surface area (Å²) in [5, 5.41) is 3.94. The van der Waals surface area contributed by atoms with Crippen molar-refractivity contribution in [2.24, 2.45) is 5.92 Å². The number of carbonyl (C=O) groups is 2. The van der Waals surface area contributed by atoms with E-state index in [1.165, 1.54) is 0 Å². The lowest BCUT2D eigenvalue weighted by Crippen LogP contribution is -2.49. The zero-order valence-corrected chi connectivity index (χ0v) is 16.3. The molecule has 2 aromatic rings. The molecule has 0 spiro atoms. The third-order valence-electron chi connectivity index (χ3n) is 5.85. The highest BCUT2D eigenvalue weighted by molar-refractivity contribution is 5.95. The summed E-state index contributed by atoms with van der Waals surface area (Å²) in [6, 6.07) is 3.85. The molecule has 3 aliphatic rings. The first-order valence-corrected chi connectivity index (χ1v) is 10.3. The molecule has 3 amide bonds. The van der Waals surface area contributed by atoms with E-state index in [0.717, 1.165) is 35.9 Å². The van der Waals surface area contributed by atoms with Crippen LogP contribution < -0.4 is 5.32 Å². The van der Waals surface area contributed by atoms with Crippen molar-refractivity contribution < 1.29 is 14.3 Å². The van der Waals surface area contributed by atoms with Gasteiger partial charge in [-0.1, -0.05) is 12.2 Å². The van der Waals surface area contributed by atoms with Crippen LogP contribution in [0.25, 0.3) is 11.0 Å². The van der Waals surface area contributed by atoms with Crippen molar-refractivity contribution in [1.29, 1.82) is 0 Å². The molecule has 1 saturated carbocycles. The Morgan fingerprint density at radius 1 is 1.21 bits per heavy atom. The Kier molecular flexibility index (Phi) is 4.71. The van der Waals surface area contributed by atoms with Crippen LogP contribution in [0.1, 0.15) is 30.9 Å². The van der Waals surface area contributed by atoms with Gasteiger partial charge in [-0.25, -0.2) is 9.78 Å². The number of nitrogens with zero attached hydrogens (tertiary/aromatic N) is 3. The normalized spacial score (nSPS) is 22.1. The smallest absolute Gasteiger partial charge is 0.320 e. The molecule has 1 saturated heterocycles. The lowest BCUT2D eigenvalue weighted by Gasteiger charge is -2.38. The zero-order valence-electron chi connectivity index (χ0n) is 16.3. The largest absolute Gasteiger partial charge is 0.378 e. The second kappa shape index (κ2) is 7.51. The van der Waals surface area contributed by atoms with Crippen molar-refractivity contribution in [3.05, 3.63) is 36.0 Å². The highest BCUT2D eigenvalue weighted by Gasteiger charge is 2.33. The van der Waals surface area contributed by atoms with Crippen LogP contribution >= 0.6 is 0 Å². The van der Waals surface area contributed by atoms with Gasteiger partial charge in [0.2, 0.25) is 5.91 Å². The Morgan fingerprint density at radius 2 is 2.03 bits per heavy atom. The SMILES string of the molecule is O=C(Nc1cc(C2CC=CCN2C(=O)N2CCOCC2)c2cc[nH]c2n1)C1CC1. The van der Waals surface area contributed by atoms with Crippen LogP contribution in [0.15, 0.2) is 30.5 Å². The first-order valence-electron chi connectivity index (χ1n) is 10.3. The van der Waals surface area contributed by atoms with Gasteiger partial charge in [0.05, 0.1) is 19.3 Å². The van der Waals surface area contributed by atoms with Gasteiger partial charge in [0.15, 0.2) is 0 Å². The van der Waals surface area contributed by atoms with Crippen LogP contribution in [0.2, 0.25) is 0 Å². The number of H-pyrrole nitrogens is 1. The maximum absolute atomic E-state index is 13.2. The number of hydrogen-bond donors (Lipinski definition) is 2. The number of aromatic amines is 1. The second-order valence-electron chi connectivity index (χ2n) is 7.86. The molecule has 2 N–H and O–H groups in total. The molecular weight excluding hydrogens is 370 g/mol. The number of rotatable bonds is 3. The van der Waals surface area contributed by atoms with Crippen LogP contribution in [0, 0.1) is 5.92 Å². The number of nitrogens with one attached hydrogen (secondary N) is 2. The van der Waals surface area contributed by atoms with E-state index < -0.39 is 0 Å². The summed E-state index contributed by atoms with van der Waals surface area (Å²) in [6.45, 7) is 2.96. The predicted octanol–water partition coefficient (Wildman–Crippen LogP) is 2.67. The minimum atomic E-state index is -0.103. The Morgan fingerprint density at radius 3 is 2.83 bits per heavy atom. The van der Waals surface area contributed by atoms with Gasteiger partial charge in [-0.2, -0.15) is 0 Å². The molecule has 29 heavy (non-hydrogen) atoms. The zero-order chi connectivity index (χ0) is 19.8. The fraction of sp³-hybridized carbons (Fsp3) is 0.476. The lowest BCUT2D eigenvalue weighted by atomic mass is 9.97. The van der Waals surface area contributed by atoms with Gasteiger partial charge >= 0.3 is 6.03 Å². The van der Waals surface area contributed by atoms with Crippen LogP contribution in [-0.2, 0) is 9.53 Å². The molecule has 2 aliphatic heterocycles. The second-order valence-corrected chi connectivity index (χ2v) is 7.86. The first kappa shape index (κ1) is 18.2. The minimum absolute atomic E-state index is 0.0270. The molecule has 0 bridgehead atoms. The summed E-state index contributed by atoms with van der Waals surface area (Å²) in [5.74, 6) is 0.677. The lowest BCUT2D eigenvalue weighted by molar-refractivity contribution is -0.117. The summed E-state index contributed by atoms with van der Waals surface area (Å²) in [5.41, 5.74) is 1.73. The van der Waals surface area contributed by atoms with E-state index in [9.17, 15) is 9.59 Å². The van der Waals surface area contributed by atoms with Crippen molar-refractivity contribution in [2.75, 3.05) is 38.2 Å². The van der Waals surface area contributed by atoms with E-state index in [4.69, 9.17) is 4.74 Å². The van der Waals surface area contributed by atoms with Gasteiger partial charge < -0.3 is 24.8 Å². The number of aromatic nitrogens is 2. The number of pyridine rings is 1. The number of hydrogen-bond acceptors (Lipinski definition) is 4. The van der Waals surface area contributed by atoms with Crippen molar-refractivity contribution in [3.63, 3.8) is 0 Å². The monoisotopic (exact) mass is 395 g/mol. The number of amides is 3. The predicted molar refractivity (Wildman–Crippen MR) is 108 cm³/mol.